The average Bonchev–Trinajstić information content (AvgIpc) is 3.17. The van der Waals surface area contributed by atoms with Crippen molar-refractivity contribution >= 4 is 11.6 Å². The highest BCUT2D eigenvalue weighted by molar-refractivity contribution is 6.04. The summed E-state index contributed by atoms with van der Waals surface area (Å²) in [4.78, 5) is 13.2. The van der Waals surface area contributed by atoms with Gasteiger partial charge in [-0.05, 0) is 80.4 Å². The lowest BCUT2D eigenvalue weighted by molar-refractivity contribution is 0.101. The Morgan fingerprint density at radius 3 is 2.23 bits per heavy atom. The Hall–Kier alpha value is -3.73. The second-order valence-corrected chi connectivity index (χ2v) is 7.44. The zero-order valence-electron chi connectivity index (χ0n) is 17.1. The number of nitrogens with zero attached hydrogens (tertiary/aromatic N) is 2. The first kappa shape index (κ1) is 19.6. The number of halogens is 1. The second kappa shape index (κ2) is 7.95. The van der Waals surface area contributed by atoms with Gasteiger partial charge < -0.3 is 5.32 Å². The zero-order valence-corrected chi connectivity index (χ0v) is 17.1. The van der Waals surface area contributed by atoms with Gasteiger partial charge in [-0.15, -0.1) is 0 Å². The summed E-state index contributed by atoms with van der Waals surface area (Å²) >= 11 is 0. The lowest BCUT2D eigenvalue weighted by Crippen LogP contribution is -2.17. The van der Waals surface area contributed by atoms with Gasteiger partial charge in [0.2, 0.25) is 0 Å². The zero-order chi connectivity index (χ0) is 21.3. The number of hydrogen-bond donors (Lipinski definition) is 1. The SMILES string of the molecule is Cc1ccc(NC(=O)c2cc(-c3ccc(F)cc3)nn2-c2cc(C)ccc2C)cc1. The molecule has 1 aromatic heterocycles. The summed E-state index contributed by atoms with van der Waals surface area (Å²) < 4.78 is 15.0. The van der Waals surface area contributed by atoms with Crippen LogP contribution in [0.5, 0.6) is 0 Å². The number of nitrogens with one attached hydrogen (secondary N) is 1. The maximum absolute atomic E-state index is 13.4. The number of carbonyl (C=O) groups excluding carboxylic acids is 1. The van der Waals surface area contributed by atoms with E-state index in [4.69, 9.17) is 5.10 Å². The molecule has 1 heterocycles. The molecule has 150 valence electrons. The van der Waals surface area contributed by atoms with Crippen molar-refractivity contribution in [1.82, 2.24) is 9.78 Å². The quantitative estimate of drug-likeness (QED) is 0.467. The third-order valence-electron chi connectivity index (χ3n) is 4.98. The fraction of sp³-hybridized carbons (Fsp3) is 0.120. The molecule has 0 radical (unpaired) electrons. The van der Waals surface area contributed by atoms with E-state index in [1.165, 1.54) is 12.1 Å². The van der Waals surface area contributed by atoms with E-state index in [0.717, 1.165) is 27.9 Å². The topological polar surface area (TPSA) is 46.9 Å². The number of carbonyl (C=O) groups is 1. The van der Waals surface area contributed by atoms with E-state index < -0.39 is 0 Å². The normalized spacial score (nSPS) is 10.8. The Balaban J connectivity index is 1.80. The van der Waals surface area contributed by atoms with Crippen molar-refractivity contribution in [3.8, 4) is 16.9 Å². The first-order valence-electron chi connectivity index (χ1n) is 9.72. The second-order valence-electron chi connectivity index (χ2n) is 7.44. The van der Waals surface area contributed by atoms with Crippen LogP contribution in [0.15, 0.2) is 72.8 Å². The molecule has 4 rings (SSSR count). The highest BCUT2D eigenvalue weighted by Gasteiger charge is 2.19. The van der Waals surface area contributed by atoms with Gasteiger partial charge in [0.15, 0.2) is 0 Å². The van der Waals surface area contributed by atoms with Crippen LogP contribution in [-0.2, 0) is 0 Å². The molecule has 5 heteroatoms. The molecule has 3 aromatic carbocycles. The number of rotatable bonds is 4. The Labute approximate surface area is 175 Å². The van der Waals surface area contributed by atoms with Gasteiger partial charge in [-0.3, -0.25) is 4.79 Å². The van der Waals surface area contributed by atoms with Gasteiger partial charge in [-0.2, -0.15) is 5.10 Å². The molecule has 4 aromatic rings. The number of benzene rings is 3. The molecule has 0 aliphatic heterocycles. The van der Waals surface area contributed by atoms with E-state index in [9.17, 15) is 9.18 Å². The van der Waals surface area contributed by atoms with Crippen molar-refractivity contribution < 1.29 is 9.18 Å². The van der Waals surface area contributed by atoms with E-state index in [0.29, 0.717) is 17.1 Å². The van der Waals surface area contributed by atoms with Gasteiger partial charge >= 0.3 is 0 Å². The largest absolute Gasteiger partial charge is 0.321 e. The fourth-order valence-corrected chi connectivity index (χ4v) is 3.27. The molecule has 0 bridgehead atoms. The summed E-state index contributed by atoms with van der Waals surface area (Å²) in [7, 11) is 0. The summed E-state index contributed by atoms with van der Waals surface area (Å²) in [6.07, 6.45) is 0. The summed E-state index contributed by atoms with van der Waals surface area (Å²) in [5.41, 5.74) is 6.48. The predicted molar refractivity (Wildman–Crippen MR) is 118 cm³/mol. The smallest absolute Gasteiger partial charge is 0.274 e. The molecule has 0 fully saturated rings. The molecule has 30 heavy (non-hydrogen) atoms. The molecule has 0 aliphatic carbocycles. The Kier molecular flexibility index (Phi) is 5.19. The molecule has 0 aliphatic rings. The summed E-state index contributed by atoms with van der Waals surface area (Å²) in [5, 5.41) is 7.64. The van der Waals surface area contributed by atoms with E-state index in [1.54, 1.807) is 22.9 Å². The number of aryl methyl sites for hydroxylation is 3. The molecule has 1 N–H and O–H groups in total. The number of amides is 1. The summed E-state index contributed by atoms with van der Waals surface area (Å²) in [5.74, 6) is -0.578. The van der Waals surface area contributed by atoms with E-state index in [2.05, 4.69) is 5.32 Å². The van der Waals surface area contributed by atoms with Crippen molar-refractivity contribution in [2.75, 3.05) is 5.32 Å². The van der Waals surface area contributed by atoms with Crippen LogP contribution in [0.3, 0.4) is 0 Å². The number of aromatic nitrogens is 2. The molecule has 0 spiro atoms. The van der Waals surface area contributed by atoms with Gasteiger partial charge in [0.1, 0.15) is 11.5 Å². The Bertz CT molecular complexity index is 1210. The highest BCUT2D eigenvalue weighted by atomic mass is 19.1. The lowest BCUT2D eigenvalue weighted by atomic mass is 10.1. The minimum Gasteiger partial charge on any atom is -0.321 e. The van der Waals surface area contributed by atoms with E-state index in [1.807, 2.05) is 63.2 Å². The van der Waals surface area contributed by atoms with Crippen LogP contribution in [0, 0.1) is 26.6 Å². The minimum absolute atomic E-state index is 0.263. The van der Waals surface area contributed by atoms with Crippen LogP contribution in [0.2, 0.25) is 0 Å². The maximum atomic E-state index is 13.4. The standard InChI is InChI=1S/C25H22FN3O/c1-16-5-12-21(13-6-16)27-25(30)24-15-22(19-8-10-20(26)11-9-19)28-29(24)23-14-17(2)4-7-18(23)3/h4-15H,1-3H3,(H,27,30). The fourth-order valence-electron chi connectivity index (χ4n) is 3.27. The Morgan fingerprint density at radius 2 is 1.53 bits per heavy atom. The van der Waals surface area contributed by atoms with Gasteiger partial charge in [0, 0.05) is 11.3 Å². The highest BCUT2D eigenvalue weighted by Crippen LogP contribution is 2.25. The average molecular weight is 399 g/mol. The molecule has 0 saturated heterocycles. The van der Waals surface area contributed by atoms with Gasteiger partial charge in [0.25, 0.3) is 5.91 Å². The van der Waals surface area contributed by atoms with Gasteiger partial charge in [0.05, 0.1) is 11.4 Å². The van der Waals surface area contributed by atoms with Crippen LogP contribution in [0.1, 0.15) is 27.2 Å². The van der Waals surface area contributed by atoms with Crippen LogP contribution in [-0.4, -0.2) is 15.7 Å². The van der Waals surface area contributed by atoms with Crippen LogP contribution >= 0.6 is 0 Å². The summed E-state index contributed by atoms with van der Waals surface area (Å²) in [6.45, 7) is 5.98. The number of hydrogen-bond acceptors (Lipinski definition) is 2. The predicted octanol–water partition coefficient (Wildman–Crippen LogP) is 5.86. The van der Waals surface area contributed by atoms with Crippen LogP contribution < -0.4 is 5.32 Å². The van der Waals surface area contributed by atoms with Crippen molar-refractivity contribution in [2.24, 2.45) is 0 Å². The van der Waals surface area contributed by atoms with Crippen LogP contribution in [0.4, 0.5) is 10.1 Å². The number of anilines is 1. The molecular formula is C25H22FN3O. The molecule has 4 nitrogen and oxygen atoms in total. The molecular weight excluding hydrogens is 377 g/mol. The molecule has 1 amide bonds. The first-order chi connectivity index (χ1) is 14.4. The van der Waals surface area contributed by atoms with E-state index >= 15 is 0 Å². The monoisotopic (exact) mass is 399 g/mol. The molecule has 0 saturated carbocycles. The molecule has 0 unspecified atom stereocenters. The third-order valence-corrected chi connectivity index (χ3v) is 4.98. The first-order valence-corrected chi connectivity index (χ1v) is 9.72. The van der Waals surface area contributed by atoms with Gasteiger partial charge in [-0.25, -0.2) is 9.07 Å². The van der Waals surface area contributed by atoms with Crippen molar-refractivity contribution in [1.29, 1.82) is 0 Å². The lowest BCUT2D eigenvalue weighted by Gasteiger charge is -2.11. The van der Waals surface area contributed by atoms with Gasteiger partial charge in [-0.1, -0.05) is 29.8 Å². The van der Waals surface area contributed by atoms with Crippen molar-refractivity contribution in [2.45, 2.75) is 20.8 Å². The minimum atomic E-state index is -0.315. The van der Waals surface area contributed by atoms with E-state index in [-0.39, 0.29) is 11.7 Å². The van der Waals surface area contributed by atoms with Crippen LogP contribution in [0.25, 0.3) is 16.9 Å². The maximum Gasteiger partial charge on any atom is 0.274 e. The third kappa shape index (κ3) is 4.01. The summed E-state index contributed by atoms with van der Waals surface area (Å²) in [6, 6.07) is 21.5. The van der Waals surface area contributed by atoms with Crippen molar-refractivity contribution in [3.63, 3.8) is 0 Å². The molecule has 0 atom stereocenters. The van der Waals surface area contributed by atoms with Crippen molar-refractivity contribution in [3.05, 3.63) is 101 Å². The Morgan fingerprint density at radius 1 is 0.867 bits per heavy atom.